The Kier molecular flexibility index (Phi) is 4.93. The molecule has 0 bridgehead atoms. The van der Waals surface area contributed by atoms with Gasteiger partial charge in [0.1, 0.15) is 4.83 Å². The number of thiazole rings is 1. The van der Waals surface area contributed by atoms with Gasteiger partial charge < -0.3 is 15.5 Å². The van der Waals surface area contributed by atoms with Gasteiger partial charge in [0.25, 0.3) is 5.91 Å². The van der Waals surface area contributed by atoms with Gasteiger partial charge in [0.2, 0.25) is 0 Å². The Morgan fingerprint density at radius 2 is 2.04 bits per heavy atom. The average molecular weight is 387 g/mol. The summed E-state index contributed by atoms with van der Waals surface area (Å²) in [5, 5.41) is 7.59. The number of hydrogen-bond donors (Lipinski definition) is 2. The van der Waals surface area contributed by atoms with E-state index >= 15 is 0 Å². The fourth-order valence-corrected chi connectivity index (χ4v) is 5.37. The maximum atomic E-state index is 12.8. The normalized spacial score (nSPS) is 15.3. The Balaban J connectivity index is 1.51. The number of anilines is 2. The number of para-hydroxylation sites is 1. The Hall–Kier alpha value is -1.96. The second-order valence-electron chi connectivity index (χ2n) is 6.64. The van der Waals surface area contributed by atoms with Crippen molar-refractivity contribution in [2.75, 3.05) is 25.5 Å². The zero-order valence-electron chi connectivity index (χ0n) is 14.9. The second kappa shape index (κ2) is 7.34. The fourth-order valence-electron chi connectivity index (χ4n) is 3.26. The molecule has 7 heteroatoms. The molecule has 0 unspecified atom stereocenters. The van der Waals surface area contributed by atoms with Crippen molar-refractivity contribution >= 4 is 48.9 Å². The summed E-state index contributed by atoms with van der Waals surface area (Å²) in [6.07, 6.45) is 2.04. The van der Waals surface area contributed by atoms with Crippen LogP contribution >= 0.6 is 22.7 Å². The van der Waals surface area contributed by atoms with E-state index in [1.165, 1.54) is 16.9 Å². The molecule has 0 aliphatic carbocycles. The van der Waals surface area contributed by atoms with Gasteiger partial charge in [0.15, 0.2) is 5.13 Å². The summed E-state index contributed by atoms with van der Waals surface area (Å²) in [7, 11) is 1.92. The topological polar surface area (TPSA) is 57.3 Å². The van der Waals surface area contributed by atoms with E-state index in [-0.39, 0.29) is 5.91 Å². The summed E-state index contributed by atoms with van der Waals surface area (Å²) in [5.41, 5.74) is 2.25. The highest BCUT2D eigenvalue weighted by atomic mass is 32.1. The van der Waals surface area contributed by atoms with E-state index in [9.17, 15) is 4.79 Å². The van der Waals surface area contributed by atoms with Crippen LogP contribution in [-0.4, -0.2) is 42.0 Å². The number of thiophene rings is 1. The van der Waals surface area contributed by atoms with E-state index in [1.807, 2.05) is 36.2 Å². The van der Waals surface area contributed by atoms with Crippen LogP contribution in [0.2, 0.25) is 0 Å². The third-order valence-electron chi connectivity index (χ3n) is 4.86. The van der Waals surface area contributed by atoms with Crippen LogP contribution in [0, 0.1) is 6.92 Å². The number of amides is 1. The minimum atomic E-state index is 0.112. The molecule has 4 rings (SSSR count). The summed E-state index contributed by atoms with van der Waals surface area (Å²) < 4.78 is 1.06. The minimum absolute atomic E-state index is 0.112. The molecule has 0 saturated carbocycles. The van der Waals surface area contributed by atoms with Crippen LogP contribution in [0.4, 0.5) is 10.8 Å². The summed E-state index contributed by atoms with van der Waals surface area (Å²) in [6, 6.07) is 10.5. The zero-order chi connectivity index (χ0) is 18.1. The van der Waals surface area contributed by atoms with E-state index in [0.29, 0.717) is 6.04 Å². The molecule has 3 aromatic rings. The van der Waals surface area contributed by atoms with Crippen molar-refractivity contribution in [3.05, 3.63) is 40.8 Å². The molecule has 26 heavy (non-hydrogen) atoms. The summed E-state index contributed by atoms with van der Waals surface area (Å²) >= 11 is 3.08. The lowest BCUT2D eigenvalue weighted by Crippen LogP contribution is -2.43. The highest BCUT2D eigenvalue weighted by Crippen LogP contribution is 2.35. The SMILES string of the molecule is Cc1ccccc1Nc1nc2sc(C(=O)N(C)C3CCNCC3)cc2s1. The fraction of sp³-hybridized carbons (Fsp3) is 0.368. The number of carbonyl (C=O) groups excluding carboxylic acids is 1. The van der Waals surface area contributed by atoms with Crippen molar-refractivity contribution in [2.24, 2.45) is 0 Å². The highest BCUT2D eigenvalue weighted by Gasteiger charge is 2.24. The second-order valence-corrected chi connectivity index (χ2v) is 8.70. The van der Waals surface area contributed by atoms with Gasteiger partial charge in [-0.2, -0.15) is 0 Å². The Morgan fingerprint density at radius 1 is 1.27 bits per heavy atom. The first-order valence-corrected chi connectivity index (χ1v) is 10.5. The number of fused-ring (bicyclic) bond motifs is 1. The van der Waals surface area contributed by atoms with E-state index in [2.05, 4.69) is 28.6 Å². The lowest BCUT2D eigenvalue weighted by molar-refractivity contribution is 0.0708. The van der Waals surface area contributed by atoms with Crippen LogP contribution in [0.1, 0.15) is 28.1 Å². The maximum absolute atomic E-state index is 12.8. The zero-order valence-corrected chi connectivity index (χ0v) is 16.5. The van der Waals surface area contributed by atoms with Gasteiger partial charge in [0, 0.05) is 18.8 Å². The van der Waals surface area contributed by atoms with E-state index < -0.39 is 0 Å². The summed E-state index contributed by atoms with van der Waals surface area (Å²) in [6.45, 7) is 4.04. The van der Waals surface area contributed by atoms with Crippen molar-refractivity contribution in [3.63, 3.8) is 0 Å². The van der Waals surface area contributed by atoms with Crippen LogP contribution in [0.25, 0.3) is 9.53 Å². The van der Waals surface area contributed by atoms with E-state index in [1.54, 1.807) is 11.3 Å². The molecular formula is C19H22N4OS2. The monoisotopic (exact) mass is 386 g/mol. The third-order valence-corrected chi connectivity index (χ3v) is 6.93. The van der Waals surface area contributed by atoms with E-state index in [4.69, 9.17) is 0 Å². The number of rotatable bonds is 4. The van der Waals surface area contributed by atoms with Gasteiger partial charge in [-0.3, -0.25) is 4.79 Å². The average Bonchev–Trinajstić information content (AvgIpc) is 3.22. The van der Waals surface area contributed by atoms with Gasteiger partial charge in [-0.15, -0.1) is 11.3 Å². The van der Waals surface area contributed by atoms with Crippen molar-refractivity contribution in [1.29, 1.82) is 0 Å². The standard InChI is InChI=1S/C19H22N4OS2/c1-12-5-3-4-6-14(12)21-19-22-17-15(26-19)11-16(25-17)18(24)23(2)13-7-9-20-10-8-13/h3-6,11,13,20H,7-10H2,1-2H3,(H,21,22). The Bertz CT molecular complexity index is 895. The summed E-state index contributed by atoms with van der Waals surface area (Å²) in [5.74, 6) is 0.112. The predicted molar refractivity (Wildman–Crippen MR) is 110 cm³/mol. The Morgan fingerprint density at radius 3 is 2.77 bits per heavy atom. The van der Waals surface area contributed by atoms with Crippen molar-refractivity contribution < 1.29 is 4.79 Å². The molecule has 1 aliphatic rings. The molecule has 1 fully saturated rings. The van der Waals surface area contributed by atoms with Gasteiger partial charge in [0.05, 0.1) is 9.58 Å². The van der Waals surface area contributed by atoms with Gasteiger partial charge in [-0.1, -0.05) is 29.5 Å². The van der Waals surface area contributed by atoms with Crippen LogP contribution in [0.3, 0.4) is 0 Å². The molecule has 0 radical (unpaired) electrons. The number of nitrogens with one attached hydrogen (secondary N) is 2. The van der Waals surface area contributed by atoms with E-state index in [0.717, 1.165) is 51.2 Å². The number of aryl methyl sites for hydroxylation is 1. The first-order chi connectivity index (χ1) is 12.6. The molecule has 0 spiro atoms. The molecule has 1 saturated heterocycles. The number of piperidine rings is 1. The number of benzene rings is 1. The quantitative estimate of drug-likeness (QED) is 0.704. The number of hydrogen-bond acceptors (Lipinski definition) is 6. The first kappa shape index (κ1) is 17.5. The van der Waals surface area contributed by atoms with Crippen molar-refractivity contribution in [2.45, 2.75) is 25.8 Å². The van der Waals surface area contributed by atoms with Crippen LogP contribution in [0.5, 0.6) is 0 Å². The van der Waals surface area contributed by atoms with Crippen molar-refractivity contribution in [3.8, 4) is 0 Å². The lowest BCUT2D eigenvalue weighted by atomic mass is 10.1. The number of aromatic nitrogens is 1. The third kappa shape index (κ3) is 3.47. The van der Waals surface area contributed by atoms with Crippen molar-refractivity contribution in [1.82, 2.24) is 15.2 Å². The molecule has 1 amide bonds. The van der Waals surface area contributed by atoms with Crippen LogP contribution < -0.4 is 10.6 Å². The molecule has 5 nitrogen and oxygen atoms in total. The molecule has 2 aromatic heterocycles. The van der Waals surface area contributed by atoms with Crippen LogP contribution in [-0.2, 0) is 0 Å². The molecule has 3 heterocycles. The number of carbonyl (C=O) groups is 1. The number of nitrogens with zero attached hydrogens (tertiary/aromatic N) is 2. The van der Waals surface area contributed by atoms with Crippen LogP contribution in [0.15, 0.2) is 30.3 Å². The molecule has 0 atom stereocenters. The largest absolute Gasteiger partial charge is 0.338 e. The predicted octanol–water partition coefficient (Wildman–Crippen LogP) is 4.23. The minimum Gasteiger partial charge on any atom is -0.338 e. The van der Waals surface area contributed by atoms with Gasteiger partial charge in [-0.05, 0) is 50.6 Å². The molecule has 1 aliphatic heterocycles. The van der Waals surface area contributed by atoms with Gasteiger partial charge >= 0.3 is 0 Å². The first-order valence-electron chi connectivity index (χ1n) is 8.83. The highest BCUT2D eigenvalue weighted by molar-refractivity contribution is 7.29. The maximum Gasteiger partial charge on any atom is 0.264 e. The Labute approximate surface area is 161 Å². The molecule has 136 valence electrons. The molecule has 1 aromatic carbocycles. The smallest absolute Gasteiger partial charge is 0.264 e. The molecule has 2 N–H and O–H groups in total. The van der Waals surface area contributed by atoms with Gasteiger partial charge in [-0.25, -0.2) is 4.98 Å². The molecular weight excluding hydrogens is 364 g/mol. The lowest BCUT2D eigenvalue weighted by Gasteiger charge is -2.31. The summed E-state index contributed by atoms with van der Waals surface area (Å²) in [4.78, 5) is 21.1.